The molecule has 0 heterocycles. The first-order valence-corrected chi connectivity index (χ1v) is 23.1. The molecule has 1 unspecified atom stereocenters. The van der Waals surface area contributed by atoms with Crippen LogP contribution in [0.1, 0.15) is 108 Å². The van der Waals surface area contributed by atoms with Crippen molar-refractivity contribution in [1.29, 1.82) is 0 Å². The van der Waals surface area contributed by atoms with Crippen LogP contribution in [0.4, 0.5) is 28.4 Å². The summed E-state index contributed by atoms with van der Waals surface area (Å²) in [5, 5.41) is 7.69. The van der Waals surface area contributed by atoms with Gasteiger partial charge >= 0.3 is 0 Å². The van der Waals surface area contributed by atoms with Gasteiger partial charge in [-0.05, 0) is 172 Å². The maximum atomic E-state index is 2.68. The average molecular weight is 789 g/mol. The fourth-order valence-electron chi connectivity index (χ4n) is 10.2. The van der Waals surface area contributed by atoms with Gasteiger partial charge in [0.2, 0.25) is 0 Å². The summed E-state index contributed by atoms with van der Waals surface area (Å²) < 4.78 is 0. The first-order chi connectivity index (χ1) is 29.4. The first-order valence-electron chi connectivity index (χ1n) is 23.1. The minimum atomic E-state index is 0.201. The Balaban J connectivity index is 1.44. The lowest BCUT2D eigenvalue weighted by Crippen LogP contribution is -2.31. The second-order valence-corrected chi connectivity index (χ2v) is 16.6. The zero-order chi connectivity index (χ0) is 41.9. The van der Waals surface area contributed by atoms with Crippen molar-refractivity contribution in [3.63, 3.8) is 0 Å². The van der Waals surface area contributed by atoms with E-state index in [-0.39, 0.29) is 6.04 Å². The lowest BCUT2D eigenvalue weighted by Gasteiger charge is -2.36. The summed E-state index contributed by atoms with van der Waals surface area (Å²) >= 11 is 0. The molecule has 0 aliphatic heterocycles. The van der Waals surface area contributed by atoms with E-state index >= 15 is 0 Å². The third-order valence-electron chi connectivity index (χ3n) is 13.5. The second-order valence-electron chi connectivity index (χ2n) is 16.6. The van der Waals surface area contributed by atoms with Gasteiger partial charge in [0.05, 0.1) is 17.4 Å². The smallest absolute Gasteiger partial charge is 0.0562 e. The van der Waals surface area contributed by atoms with E-state index in [1.165, 1.54) is 105 Å². The third kappa shape index (κ3) is 7.44. The number of hydrogen-bond donors (Lipinski definition) is 0. The highest BCUT2D eigenvalue weighted by Crippen LogP contribution is 2.48. The van der Waals surface area contributed by atoms with Gasteiger partial charge in [-0.25, -0.2) is 0 Å². The number of allylic oxidation sites excluding steroid dienone is 2. The highest BCUT2D eigenvalue weighted by Gasteiger charge is 2.27. The summed E-state index contributed by atoms with van der Waals surface area (Å²) in [5.74, 6) is 0. The number of anilines is 5. The van der Waals surface area contributed by atoms with Crippen LogP contribution in [0.15, 0.2) is 139 Å². The molecule has 306 valence electrons. The van der Waals surface area contributed by atoms with Crippen LogP contribution in [0.2, 0.25) is 0 Å². The molecular weight excluding hydrogens is 725 g/mol. The molecule has 1 aliphatic rings. The van der Waals surface area contributed by atoms with E-state index in [2.05, 4.69) is 193 Å². The average Bonchev–Trinajstić information content (AvgIpc) is 3.31. The molecule has 1 aliphatic carbocycles. The lowest BCUT2D eigenvalue weighted by molar-refractivity contribution is 0.758. The van der Waals surface area contributed by atoms with Gasteiger partial charge in [0.15, 0.2) is 0 Å². The molecule has 0 N–H and O–H groups in total. The molecule has 0 bridgehead atoms. The first kappa shape index (κ1) is 41.1. The number of rotatable bonds is 14. The van der Waals surface area contributed by atoms with Crippen LogP contribution in [-0.4, -0.2) is 6.04 Å². The Morgan fingerprint density at radius 1 is 0.383 bits per heavy atom. The van der Waals surface area contributed by atoms with Crippen molar-refractivity contribution in [2.75, 3.05) is 9.80 Å². The van der Waals surface area contributed by atoms with Gasteiger partial charge in [0, 0.05) is 27.8 Å². The number of benzene rings is 7. The Morgan fingerprint density at radius 2 is 0.800 bits per heavy atom. The van der Waals surface area contributed by atoms with Crippen molar-refractivity contribution in [1.82, 2.24) is 0 Å². The molecule has 0 amide bonds. The number of nitrogens with zero attached hydrogens (tertiary/aromatic N) is 2. The molecule has 7 aromatic carbocycles. The molecule has 1 atom stereocenters. The summed E-state index contributed by atoms with van der Waals surface area (Å²) in [5.41, 5.74) is 17.8. The summed E-state index contributed by atoms with van der Waals surface area (Å²) in [6.07, 6.45) is 14.4. The Hall–Kier alpha value is -5.60. The standard InChI is InChI=1S/C58H64N2/c1-9-39-25-29-47(33-43(39)13-5)59(48-30-26-40(10-2)44(14-6)34-48)57-37-55-52-22-18-20-24-54(52)58(38-56(55)51-21-17-19-23-53(51)57)60(49-31-27-41(11-3)45(15-7)35-49)50-32-28-42(12-4)46(16-8)36-50/h17-31,33-38,50H,9-16,32H2,1-8H3. The molecule has 0 fully saturated rings. The molecule has 0 saturated heterocycles. The van der Waals surface area contributed by atoms with Crippen LogP contribution in [-0.2, 0) is 38.5 Å². The topological polar surface area (TPSA) is 6.48 Å². The quantitative estimate of drug-likeness (QED) is 0.101. The predicted octanol–water partition coefficient (Wildman–Crippen LogP) is 16.6. The largest absolute Gasteiger partial charge is 0.334 e. The fraction of sp³-hybridized carbons (Fsp3) is 0.310. The third-order valence-corrected chi connectivity index (χ3v) is 13.5. The number of fused-ring (bicyclic) bond motifs is 5. The van der Waals surface area contributed by atoms with Gasteiger partial charge in [0.1, 0.15) is 0 Å². The molecule has 2 heteroatoms. The zero-order valence-electron chi connectivity index (χ0n) is 37.5. The van der Waals surface area contributed by atoms with Crippen molar-refractivity contribution in [2.45, 2.75) is 119 Å². The highest BCUT2D eigenvalue weighted by molar-refractivity contribution is 6.24. The van der Waals surface area contributed by atoms with Crippen LogP contribution < -0.4 is 9.80 Å². The lowest BCUT2D eigenvalue weighted by atomic mass is 9.89. The van der Waals surface area contributed by atoms with E-state index in [0.29, 0.717) is 0 Å². The molecule has 0 radical (unpaired) electrons. The van der Waals surface area contributed by atoms with E-state index in [1.807, 2.05) is 0 Å². The summed E-state index contributed by atoms with van der Waals surface area (Å²) in [7, 11) is 0. The van der Waals surface area contributed by atoms with Gasteiger partial charge in [-0.2, -0.15) is 0 Å². The monoisotopic (exact) mass is 789 g/mol. The predicted molar refractivity (Wildman–Crippen MR) is 264 cm³/mol. The maximum absolute atomic E-state index is 2.68. The van der Waals surface area contributed by atoms with Crippen LogP contribution in [0.3, 0.4) is 0 Å². The van der Waals surface area contributed by atoms with E-state index in [0.717, 1.165) is 57.8 Å². The minimum Gasteiger partial charge on any atom is -0.334 e. The van der Waals surface area contributed by atoms with Crippen LogP contribution in [0.25, 0.3) is 32.3 Å². The van der Waals surface area contributed by atoms with E-state index < -0.39 is 0 Å². The van der Waals surface area contributed by atoms with E-state index in [1.54, 1.807) is 0 Å². The van der Waals surface area contributed by atoms with Crippen molar-refractivity contribution < 1.29 is 0 Å². The van der Waals surface area contributed by atoms with E-state index in [9.17, 15) is 0 Å². The molecule has 0 saturated carbocycles. The van der Waals surface area contributed by atoms with Crippen LogP contribution >= 0.6 is 0 Å². The fourth-order valence-corrected chi connectivity index (χ4v) is 10.2. The van der Waals surface area contributed by atoms with Crippen molar-refractivity contribution in [3.8, 4) is 0 Å². The summed E-state index contributed by atoms with van der Waals surface area (Å²) in [4.78, 5) is 5.23. The van der Waals surface area contributed by atoms with Gasteiger partial charge in [-0.3, -0.25) is 0 Å². The molecule has 0 aromatic heterocycles. The second kappa shape index (κ2) is 17.9. The SMILES string of the molecule is CCC1=CCC(N(c2ccc(CC)c(CC)c2)c2cc3c4ccccc4c(N(c4ccc(CC)c(CC)c4)c4ccc(CC)c(CC)c4)cc3c3ccccc23)C=C1CC. The Morgan fingerprint density at radius 3 is 1.27 bits per heavy atom. The van der Waals surface area contributed by atoms with E-state index in [4.69, 9.17) is 0 Å². The maximum Gasteiger partial charge on any atom is 0.0562 e. The summed E-state index contributed by atoms with van der Waals surface area (Å²) in [6, 6.07) is 45.1. The number of hydrogen-bond acceptors (Lipinski definition) is 2. The molecule has 7 aromatic rings. The van der Waals surface area contributed by atoms with Crippen molar-refractivity contribution in [3.05, 3.63) is 172 Å². The molecule has 8 rings (SSSR count). The Labute approximate surface area is 360 Å². The van der Waals surface area contributed by atoms with Gasteiger partial charge in [0.25, 0.3) is 0 Å². The normalized spacial score (nSPS) is 14.2. The van der Waals surface area contributed by atoms with Crippen molar-refractivity contribution in [2.24, 2.45) is 0 Å². The van der Waals surface area contributed by atoms with Gasteiger partial charge < -0.3 is 9.80 Å². The number of aryl methyl sites for hydroxylation is 6. The molecule has 0 spiro atoms. The molecule has 60 heavy (non-hydrogen) atoms. The molecule has 2 nitrogen and oxygen atoms in total. The zero-order valence-corrected chi connectivity index (χ0v) is 37.5. The van der Waals surface area contributed by atoms with Crippen LogP contribution in [0.5, 0.6) is 0 Å². The van der Waals surface area contributed by atoms with Crippen molar-refractivity contribution >= 4 is 60.8 Å². The highest BCUT2D eigenvalue weighted by atomic mass is 15.2. The Kier molecular flexibility index (Phi) is 12.3. The van der Waals surface area contributed by atoms with Gasteiger partial charge in [-0.15, -0.1) is 0 Å². The molecular formula is C58H64N2. The minimum absolute atomic E-state index is 0.201. The van der Waals surface area contributed by atoms with Gasteiger partial charge in [-0.1, -0.05) is 134 Å². The summed E-state index contributed by atoms with van der Waals surface area (Å²) in [6.45, 7) is 18.3. The Bertz CT molecular complexity index is 2690. The van der Waals surface area contributed by atoms with Crippen LogP contribution in [0, 0.1) is 0 Å².